The van der Waals surface area contributed by atoms with Crippen molar-refractivity contribution in [3.63, 3.8) is 0 Å². The number of carbonyl (C=O) groups is 1. The Labute approximate surface area is 222 Å². The summed E-state index contributed by atoms with van der Waals surface area (Å²) in [4.78, 5) is 23.5. The second-order valence-corrected chi connectivity index (χ2v) is 12.5. The summed E-state index contributed by atoms with van der Waals surface area (Å²) >= 11 is 1.79. The predicted molar refractivity (Wildman–Crippen MR) is 146 cm³/mol. The average molecular weight is 531 g/mol. The second-order valence-electron chi connectivity index (χ2n) is 10.9. The molecule has 3 aliphatic rings. The first-order valence-corrected chi connectivity index (χ1v) is 14.1. The van der Waals surface area contributed by atoms with Crippen molar-refractivity contribution in [2.45, 2.75) is 68.4 Å². The number of rotatable bonds is 7. The second kappa shape index (κ2) is 10.3. The molecule has 1 saturated carbocycles. The van der Waals surface area contributed by atoms with Crippen molar-refractivity contribution in [3.05, 3.63) is 35.9 Å². The number of amides is 1. The first-order valence-electron chi connectivity index (χ1n) is 13.2. The number of aromatic nitrogens is 1. The van der Waals surface area contributed by atoms with Crippen LogP contribution in [0.25, 0.3) is 0 Å². The fraction of sp³-hybridized carbons (Fsp3) is 0.571. The topological polar surface area (TPSA) is 57.7 Å². The monoisotopic (exact) mass is 530 g/mol. The summed E-state index contributed by atoms with van der Waals surface area (Å²) in [5, 5.41) is 3.40. The van der Waals surface area contributed by atoms with Crippen LogP contribution in [0.5, 0.6) is 5.75 Å². The Bertz CT molecular complexity index is 1130. The Hall–Kier alpha value is -2.55. The van der Waals surface area contributed by atoms with Crippen LogP contribution in [0.3, 0.4) is 0 Å². The number of pyridine rings is 1. The SMILES string of the molecule is COc1ccc(NC(=O)c2ccc(SC(C)C)cc2N2CCC3(CC2)CC3)nc1N1CCC(F)(F)CC1. The number of piperidine rings is 2. The molecule has 2 aliphatic heterocycles. The Kier molecular flexibility index (Phi) is 7.27. The van der Waals surface area contributed by atoms with Crippen LogP contribution < -0.4 is 19.9 Å². The van der Waals surface area contributed by atoms with E-state index in [1.54, 1.807) is 28.8 Å². The number of carbonyl (C=O) groups excluding carboxylic acids is 1. The summed E-state index contributed by atoms with van der Waals surface area (Å²) in [6, 6.07) is 9.49. The lowest BCUT2D eigenvalue weighted by Gasteiger charge is -2.35. The van der Waals surface area contributed by atoms with E-state index in [1.807, 2.05) is 12.1 Å². The lowest BCUT2D eigenvalue weighted by Crippen LogP contribution is -2.40. The highest BCUT2D eigenvalue weighted by Crippen LogP contribution is 2.54. The van der Waals surface area contributed by atoms with Gasteiger partial charge in [0, 0.05) is 49.2 Å². The third kappa shape index (κ3) is 5.97. The number of thioether (sulfide) groups is 1. The molecule has 6 nitrogen and oxygen atoms in total. The molecule has 9 heteroatoms. The van der Waals surface area contributed by atoms with Gasteiger partial charge in [0.2, 0.25) is 0 Å². The third-order valence-electron chi connectivity index (χ3n) is 7.80. The normalized spacial score (nSPS) is 20.3. The summed E-state index contributed by atoms with van der Waals surface area (Å²) in [7, 11) is 1.53. The summed E-state index contributed by atoms with van der Waals surface area (Å²) in [6.07, 6.45) is 4.56. The van der Waals surface area contributed by atoms with Crippen LogP contribution in [-0.4, -0.2) is 55.4 Å². The van der Waals surface area contributed by atoms with E-state index in [-0.39, 0.29) is 31.8 Å². The van der Waals surface area contributed by atoms with Crippen molar-refractivity contribution in [2.24, 2.45) is 5.41 Å². The number of nitrogens with zero attached hydrogens (tertiary/aromatic N) is 3. The quantitative estimate of drug-likeness (QED) is 0.415. The highest BCUT2D eigenvalue weighted by atomic mass is 32.2. The van der Waals surface area contributed by atoms with Gasteiger partial charge in [0.25, 0.3) is 11.8 Å². The predicted octanol–water partition coefficient (Wildman–Crippen LogP) is 6.46. The van der Waals surface area contributed by atoms with Crippen LogP contribution in [0.15, 0.2) is 35.2 Å². The number of nitrogens with one attached hydrogen (secondary N) is 1. The van der Waals surface area contributed by atoms with Gasteiger partial charge in [-0.05, 0) is 61.4 Å². The molecule has 1 aromatic heterocycles. The number of halogens is 2. The van der Waals surface area contributed by atoms with E-state index in [2.05, 4.69) is 35.1 Å². The summed E-state index contributed by atoms with van der Waals surface area (Å²) in [6.45, 7) is 6.62. The van der Waals surface area contributed by atoms with Gasteiger partial charge in [0.15, 0.2) is 11.6 Å². The van der Waals surface area contributed by atoms with Crippen LogP contribution in [0.2, 0.25) is 0 Å². The fourth-order valence-electron chi connectivity index (χ4n) is 5.33. The van der Waals surface area contributed by atoms with E-state index in [0.717, 1.165) is 23.7 Å². The summed E-state index contributed by atoms with van der Waals surface area (Å²) in [5.74, 6) is -1.52. The van der Waals surface area contributed by atoms with Crippen molar-refractivity contribution in [3.8, 4) is 5.75 Å². The van der Waals surface area contributed by atoms with E-state index in [4.69, 9.17) is 4.74 Å². The van der Waals surface area contributed by atoms with E-state index < -0.39 is 5.92 Å². The number of ether oxygens (including phenoxy) is 1. The zero-order valence-electron chi connectivity index (χ0n) is 21.9. The van der Waals surface area contributed by atoms with Crippen molar-refractivity contribution in [1.29, 1.82) is 0 Å². The minimum Gasteiger partial charge on any atom is -0.493 e. The molecule has 1 spiro atoms. The zero-order chi connectivity index (χ0) is 26.2. The molecule has 2 saturated heterocycles. The Balaban J connectivity index is 1.38. The molecule has 0 unspecified atom stereocenters. The van der Waals surface area contributed by atoms with Gasteiger partial charge in [-0.2, -0.15) is 0 Å². The van der Waals surface area contributed by atoms with Gasteiger partial charge in [-0.15, -0.1) is 11.8 Å². The van der Waals surface area contributed by atoms with E-state index in [9.17, 15) is 13.6 Å². The van der Waals surface area contributed by atoms with Crippen molar-refractivity contribution >= 4 is 35.0 Å². The molecule has 2 aromatic rings. The lowest BCUT2D eigenvalue weighted by molar-refractivity contribution is -0.0222. The number of anilines is 3. The maximum Gasteiger partial charge on any atom is 0.258 e. The van der Waals surface area contributed by atoms with Crippen LogP contribution in [0.4, 0.5) is 26.1 Å². The van der Waals surface area contributed by atoms with Crippen molar-refractivity contribution < 1.29 is 18.3 Å². The number of hydrogen-bond acceptors (Lipinski definition) is 6. The molecule has 1 aliphatic carbocycles. The van der Waals surface area contributed by atoms with E-state index in [0.29, 0.717) is 33.6 Å². The average Bonchev–Trinajstić information content (AvgIpc) is 3.62. The molecule has 200 valence electrons. The van der Waals surface area contributed by atoms with Gasteiger partial charge in [-0.25, -0.2) is 13.8 Å². The molecule has 1 amide bonds. The largest absolute Gasteiger partial charge is 0.493 e. The van der Waals surface area contributed by atoms with E-state index in [1.165, 1.54) is 32.8 Å². The van der Waals surface area contributed by atoms with Crippen molar-refractivity contribution in [1.82, 2.24) is 4.98 Å². The Morgan fingerprint density at radius 3 is 2.30 bits per heavy atom. The van der Waals surface area contributed by atoms with Gasteiger partial charge in [0.1, 0.15) is 5.82 Å². The molecule has 0 radical (unpaired) electrons. The molecule has 37 heavy (non-hydrogen) atoms. The standard InChI is InChI=1S/C28H36F2N4O2S/c1-19(2)37-20-4-5-21(22(18-20)33-14-10-27(8-9-27)11-15-33)26(35)32-24-7-6-23(36-3)25(31-24)34-16-12-28(29,30)13-17-34/h4-7,18-19H,8-17H2,1-3H3,(H,31,32,35). The maximum absolute atomic E-state index is 13.7. The molecule has 3 heterocycles. The van der Waals surface area contributed by atoms with Gasteiger partial charge in [-0.3, -0.25) is 4.79 Å². The minimum absolute atomic E-state index is 0.184. The minimum atomic E-state index is -2.65. The molecular formula is C28H36F2N4O2S. The number of benzene rings is 1. The lowest BCUT2D eigenvalue weighted by atomic mass is 9.93. The third-order valence-corrected chi connectivity index (χ3v) is 8.80. The number of hydrogen-bond donors (Lipinski definition) is 1. The summed E-state index contributed by atoms with van der Waals surface area (Å²) in [5.41, 5.74) is 2.13. The van der Waals surface area contributed by atoms with Gasteiger partial charge >= 0.3 is 0 Å². The molecule has 0 bridgehead atoms. The highest BCUT2D eigenvalue weighted by Gasteiger charge is 2.44. The van der Waals surface area contributed by atoms with Gasteiger partial charge < -0.3 is 19.9 Å². The molecular weight excluding hydrogens is 494 g/mol. The highest BCUT2D eigenvalue weighted by molar-refractivity contribution is 7.99. The number of methoxy groups -OCH3 is 1. The molecule has 5 rings (SSSR count). The first kappa shape index (κ1) is 26.1. The zero-order valence-corrected chi connectivity index (χ0v) is 22.7. The van der Waals surface area contributed by atoms with Crippen LogP contribution >= 0.6 is 11.8 Å². The summed E-state index contributed by atoms with van der Waals surface area (Å²) < 4.78 is 32.9. The van der Waals surface area contributed by atoms with E-state index >= 15 is 0 Å². The number of alkyl halides is 2. The fourth-order valence-corrected chi connectivity index (χ4v) is 6.20. The van der Waals surface area contributed by atoms with Crippen LogP contribution in [0.1, 0.15) is 62.7 Å². The molecule has 1 aromatic carbocycles. The van der Waals surface area contributed by atoms with Gasteiger partial charge in [-0.1, -0.05) is 13.8 Å². The van der Waals surface area contributed by atoms with Crippen LogP contribution in [0, 0.1) is 5.41 Å². The smallest absolute Gasteiger partial charge is 0.258 e. The van der Waals surface area contributed by atoms with Crippen LogP contribution in [-0.2, 0) is 0 Å². The first-order chi connectivity index (χ1) is 17.7. The van der Waals surface area contributed by atoms with Gasteiger partial charge in [0.05, 0.1) is 18.4 Å². The molecule has 0 atom stereocenters. The molecule has 3 fully saturated rings. The Morgan fingerprint density at radius 2 is 1.68 bits per heavy atom. The Morgan fingerprint density at radius 1 is 1.00 bits per heavy atom. The van der Waals surface area contributed by atoms with Crippen molar-refractivity contribution in [2.75, 3.05) is 48.4 Å². The molecule has 1 N–H and O–H groups in total. The maximum atomic E-state index is 13.7.